The molecule has 0 N–H and O–H groups in total. The van der Waals surface area contributed by atoms with E-state index in [-0.39, 0.29) is 17.9 Å². The van der Waals surface area contributed by atoms with Gasteiger partial charge in [0.1, 0.15) is 5.75 Å². The predicted molar refractivity (Wildman–Crippen MR) is 129 cm³/mol. The smallest absolute Gasteiger partial charge is 0.243 e. The Morgan fingerprint density at radius 2 is 1.70 bits per heavy atom. The molecular formula is C26H34N2O4S. The lowest BCUT2D eigenvalue weighted by molar-refractivity contribution is -0.137. The number of sulfonamides is 1. The van der Waals surface area contributed by atoms with Crippen molar-refractivity contribution in [2.75, 3.05) is 26.2 Å². The van der Waals surface area contributed by atoms with Crippen molar-refractivity contribution in [3.05, 3.63) is 59.2 Å². The minimum atomic E-state index is -3.54. The molecule has 7 heteroatoms. The molecule has 1 amide bonds. The number of aryl methyl sites for hydroxylation is 2. The summed E-state index contributed by atoms with van der Waals surface area (Å²) in [7, 11) is -3.54. The molecule has 0 unspecified atom stereocenters. The summed E-state index contributed by atoms with van der Waals surface area (Å²) in [6.07, 6.45) is 3.08. The molecule has 0 bridgehead atoms. The fraction of sp³-hybridized carbons (Fsp3) is 0.500. The van der Waals surface area contributed by atoms with Crippen LogP contribution in [0.2, 0.25) is 0 Å². The second kappa shape index (κ2) is 9.85. The molecule has 4 rings (SSSR count). The lowest BCUT2D eigenvalue weighted by Crippen LogP contribution is -2.44. The number of nitrogens with zero attached hydrogens (tertiary/aromatic N) is 2. The van der Waals surface area contributed by atoms with Crippen LogP contribution in [0.3, 0.4) is 0 Å². The van der Waals surface area contributed by atoms with Gasteiger partial charge in [-0.1, -0.05) is 29.8 Å². The molecule has 2 fully saturated rings. The number of rotatable bonds is 6. The van der Waals surface area contributed by atoms with E-state index >= 15 is 0 Å². The molecule has 2 aliphatic heterocycles. The largest absolute Gasteiger partial charge is 0.494 e. The summed E-state index contributed by atoms with van der Waals surface area (Å²) in [6.45, 7) is 7.91. The molecule has 2 aliphatic rings. The van der Waals surface area contributed by atoms with Crippen molar-refractivity contribution >= 4 is 15.9 Å². The van der Waals surface area contributed by atoms with Gasteiger partial charge in [-0.15, -0.1) is 0 Å². The van der Waals surface area contributed by atoms with Gasteiger partial charge in [0.05, 0.1) is 17.5 Å². The molecular weight excluding hydrogens is 436 g/mol. The van der Waals surface area contributed by atoms with Crippen LogP contribution in [0.4, 0.5) is 0 Å². The van der Waals surface area contributed by atoms with Gasteiger partial charge in [0.25, 0.3) is 0 Å². The normalized spacial score (nSPS) is 20.2. The SMILES string of the molecule is CCOc1ccc([C@H]2CCCN2C(=O)C2CCN(S(=O)(=O)c3ccc(C)cc3C)CC2)cc1. The topological polar surface area (TPSA) is 66.9 Å². The summed E-state index contributed by atoms with van der Waals surface area (Å²) in [5.41, 5.74) is 2.95. The Bertz CT molecular complexity index is 1090. The third-order valence-corrected chi connectivity index (χ3v) is 8.92. The van der Waals surface area contributed by atoms with Gasteiger partial charge in [-0.05, 0) is 75.8 Å². The molecule has 2 saturated heterocycles. The maximum absolute atomic E-state index is 13.4. The molecule has 0 saturated carbocycles. The van der Waals surface area contributed by atoms with Crippen molar-refractivity contribution in [1.29, 1.82) is 0 Å². The van der Waals surface area contributed by atoms with Crippen LogP contribution in [0.1, 0.15) is 55.3 Å². The average molecular weight is 471 g/mol. The quantitative estimate of drug-likeness (QED) is 0.625. The Hall–Kier alpha value is -2.38. The van der Waals surface area contributed by atoms with E-state index in [4.69, 9.17) is 4.74 Å². The van der Waals surface area contributed by atoms with E-state index in [1.807, 2.05) is 49.9 Å². The number of hydrogen-bond acceptors (Lipinski definition) is 4. The van der Waals surface area contributed by atoms with Crippen molar-refractivity contribution in [3.8, 4) is 5.75 Å². The number of amides is 1. The van der Waals surface area contributed by atoms with Crippen LogP contribution in [-0.2, 0) is 14.8 Å². The summed E-state index contributed by atoms with van der Waals surface area (Å²) >= 11 is 0. The molecule has 0 spiro atoms. The van der Waals surface area contributed by atoms with Gasteiger partial charge in [0.2, 0.25) is 15.9 Å². The van der Waals surface area contributed by atoms with E-state index in [1.54, 1.807) is 10.4 Å². The van der Waals surface area contributed by atoms with Crippen molar-refractivity contribution < 1.29 is 17.9 Å². The third kappa shape index (κ3) is 4.94. The second-order valence-electron chi connectivity index (χ2n) is 9.14. The van der Waals surface area contributed by atoms with E-state index in [2.05, 4.69) is 12.1 Å². The highest BCUT2D eigenvalue weighted by Gasteiger charge is 2.38. The summed E-state index contributed by atoms with van der Waals surface area (Å²) in [4.78, 5) is 15.8. The highest BCUT2D eigenvalue weighted by Crippen LogP contribution is 2.36. The molecule has 1 atom stereocenters. The van der Waals surface area contributed by atoms with Crippen molar-refractivity contribution in [1.82, 2.24) is 9.21 Å². The van der Waals surface area contributed by atoms with Crippen LogP contribution >= 0.6 is 0 Å². The highest BCUT2D eigenvalue weighted by atomic mass is 32.2. The van der Waals surface area contributed by atoms with Gasteiger partial charge < -0.3 is 9.64 Å². The molecule has 33 heavy (non-hydrogen) atoms. The summed E-state index contributed by atoms with van der Waals surface area (Å²) in [6, 6.07) is 13.6. The summed E-state index contributed by atoms with van der Waals surface area (Å²) in [5, 5.41) is 0. The lowest BCUT2D eigenvalue weighted by atomic mass is 9.95. The van der Waals surface area contributed by atoms with Crippen molar-refractivity contribution in [3.63, 3.8) is 0 Å². The number of carbonyl (C=O) groups is 1. The number of hydrogen-bond donors (Lipinski definition) is 0. The Morgan fingerprint density at radius 1 is 1.00 bits per heavy atom. The van der Waals surface area contributed by atoms with Gasteiger partial charge in [-0.25, -0.2) is 8.42 Å². The van der Waals surface area contributed by atoms with Crippen LogP contribution in [-0.4, -0.2) is 49.8 Å². The first-order valence-corrected chi connectivity index (χ1v) is 13.4. The van der Waals surface area contributed by atoms with E-state index in [9.17, 15) is 13.2 Å². The first-order valence-electron chi connectivity index (χ1n) is 11.9. The molecule has 0 aromatic heterocycles. The fourth-order valence-electron chi connectivity index (χ4n) is 5.14. The number of ether oxygens (including phenoxy) is 1. The average Bonchev–Trinajstić information content (AvgIpc) is 3.29. The molecule has 2 aromatic rings. The Balaban J connectivity index is 1.41. The van der Waals surface area contributed by atoms with Crippen molar-refractivity contribution in [2.45, 2.75) is 57.4 Å². The maximum atomic E-state index is 13.4. The zero-order valence-corrected chi connectivity index (χ0v) is 20.6. The third-order valence-electron chi connectivity index (χ3n) is 6.86. The van der Waals surface area contributed by atoms with Crippen LogP contribution in [0.25, 0.3) is 0 Å². The summed E-state index contributed by atoms with van der Waals surface area (Å²) < 4.78 is 33.5. The monoisotopic (exact) mass is 470 g/mol. The van der Waals surface area contributed by atoms with E-state index < -0.39 is 10.0 Å². The minimum absolute atomic E-state index is 0.0881. The van der Waals surface area contributed by atoms with E-state index in [0.29, 0.717) is 37.4 Å². The number of piperidine rings is 1. The zero-order chi connectivity index (χ0) is 23.6. The molecule has 0 radical (unpaired) electrons. The number of benzene rings is 2. The van der Waals surface area contributed by atoms with Crippen LogP contribution in [0.5, 0.6) is 5.75 Å². The first kappa shape index (κ1) is 23.8. The zero-order valence-electron chi connectivity index (χ0n) is 19.8. The predicted octanol–water partition coefficient (Wildman–Crippen LogP) is 4.47. The number of carbonyl (C=O) groups excluding carboxylic acids is 1. The Kier molecular flexibility index (Phi) is 7.10. The first-order chi connectivity index (χ1) is 15.8. The molecule has 178 valence electrons. The van der Waals surface area contributed by atoms with Gasteiger partial charge in [0.15, 0.2) is 0 Å². The maximum Gasteiger partial charge on any atom is 0.243 e. The second-order valence-corrected chi connectivity index (χ2v) is 11.0. The molecule has 2 heterocycles. The number of likely N-dealkylation sites (tertiary alicyclic amines) is 1. The van der Waals surface area contributed by atoms with E-state index in [1.165, 1.54) is 0 Å². The fourth-order valence-corrected chi connectivity index (χ4v) is 6.81. The van der Waals surface area contributed by atoms with E-state index in [0.717, 1.165) is 41.8 Å². The van der Waals surface area contributed by atoms with Gasteiger partial charge in [-0.2, -0.15) is 4.31 Å². The summed E-state index contributed by atoms with van der Waals surface area (Å²) in [5.74, 6) is 0.878. The van der Waals surface area contributed by atoms with Gasteiger partial charge in [-0.3, -0.25) is 4.79 Å². The molecule has 2 aromatic carbocycles. The van der Waals surface area contributed by atoms with Crippen LogP contribution < -0.4 is 4.74 Å². The highest BCUT2D eigenvalue weighted by molar-refractivity contribution is 7.89. The minimum Gasteiger partial charge on any atom is -0.494 e. The molecule has 6 nitrogen and oxygen atoms in total. The van der Waals surface area contributed by atoms with Crippen LogP contribution in [0, 0.1) is 19.8 Å². The standard InChI is InChI=1S/C26H34N2O4S/c1-4-32-23-10-8-21(9-11-23)24-6-5-15-28(24)26(29)22-13-16-27(17-14-22)33(30,31)25-12-7-19(2)18-20(25)3/h7-12,18,22,24H,4-6,13-17H2,1-3H3/t24-/m1/s1. The Labute approximate surface area is 197 Å². The van der Waals surface area contributed by atoms with Gasteiger partial charge in [0, 0.05) is 25.6 Å². The van der Waals surface area contributed by atoms with Crippen LogP contribution in [0.15, 0.2) is 47.4 Å². The van der Waals surface area contributed by atoms with Gasteiger partial charge >= 0.3 is 0 Å². The van der Waals surface area contributed by atoms with Crippen molar-refractivity contribution in [2.24, 2.45) is 5.92 Å². The Morgan fingerprint density at radius 3 is 2.33 bits per heavy atom. The molecule has 0 aliphatic carbocycles. The lowest BCUT2D eigenvalue weighted by Gasteiger charge is -2.34.